The van der Waals surface area contributed by atoms with Crippen LogP contribution in [0.25, 0.3) is 0 Å². The Morgan fingerprint density at radius 3 is 2.00 bits per heavy atom. The lowest BCUT2D eigenvalue weighted by Gasteiger charge is -2.19. The smallest absolute Gasteiger partial charge is 0.308 e. The summed E-state index contributed by atoms with van der Waals surface area (Å²) in [7, 11) is 0. The van der Waals surface area contributed by atoms with Gasteiger partial charge in [-0.05, 0) is 35.2 Å². The molecule has 0 bridgehead atoms. The highest BCUT2D eigenvalue weighted by atomic mass is 16.2. The average molecular weight is 296 g/mol. The minimum absolute atomic E-state index is 0.0596. The van der Waals surface area contributed by atoms with Crippen molar-refractivity contribution in [2.24, 2.45) is 0 Å². The molecule has 0 saturated heterocycles. The molecule has 0 aliphatic rings. The second-order valence-electron chi connectivity index (χ2n) is 6.10. The fourth-order valence-corrected chi connectivity index (χ4v) is 1.98. The number of hydrogen-bond acceptors (Lipinski definition) is 2. The Labute approximate surface area is 130 Å². The number of anilines is 1. The molecule has 4 heteroatoms. The van der Waals surface area contributed by atoms with Crippen molar-refractivity contribution < 1.29 is 9.59 Å². The highest BCUT2D eigenvalue weighted by molar-refractivity contribution is 6.07. The predicted octanol–water partition coefficient (Wildman–Crippen LogP) is 3.95. The molecule has 0 aliphatic heterocycles. The quantitative estimate of drug-likeness (QED) is 0.881. The molecule has 0 fully saturated rings. The number of imide groups is 1. The molecule has 0 aromatic heterocycles. The molecule has 0 radical (unpaired) electrons. The largest absolute Gasteiger partial charge is 0.326 e. The average Bonchev–Trinajstić information content (AvgIpc) is 2.47. The fraction of sp³-hybridized carbons (Fsp3) is 0.222. The van der Waals surface area contributed by atoms with Crippen molar-refractivity contribution in [2.45, 2.75) is 26.2 Å². The van der Waals surface area contributed by atoms with E-state index in [-0.39, 0.29) is 5.41 Å². The normalized spacial score (nSPS) is 10.9. The second kappa shape index (κ2) is 6.43. The van der Waals surface area contributed by atoms with Crippen molar-refractivity contribution in [3.8, 4) is 0 Å². The Balaban J connectivity index is 1.96. The number of amides is 3. The van der Waals surface area contributed by atoms with Gasteiger partial charge in [-0.1, -0.05) is 51.1 Å². The lowest BCUT2D eigenvalue weighted by atomic mass is 9.87. The minimum atomic E-state index is -0.544. The van der Waals surface area contributed by atoms with Gasteiger partial charge in [-0.25, -0.2) is 4.79 Å². The van der Waals surface area contributed by atoms with Crippen molar-refractivity contribution in [3.05, 3.63) is 65.7 Å². The van der Waals surface area contributed by atoms with Gasteiger partial charge in [-0.3, -0.25) is 10.1 Å². The van der Waals surface area contributed by atoms with Crippen LogP contribution in [0.2, 0.25) is 0 Å². The number of carbonyl (C=O) groups is 2. The van der Waals surface area contributed by atoms with Gasteiger partial charge in [-0.2, -0.15) is 0 Å². The van der Waals surface area contributed by atoms with Crippen molar-refractivity contribution in [1.82, 2.24) is 5.32 Å². The molecule has 2 aromatic carbocycles. The summed E-state index contributed by atoms with van der Waals surface area (Å²) in [4.78, 5) is 23.7. The molecule has 22 heavy (non-hydrogen) atoms. The molecule has 0 atom stereocenters. The minimum Gasteiger partial charge on any atom is -0.308 e. The Morgan fingerprint density at radius 2 is 1.45 bits per heavy atom. The van der Waals surface area contributed by atoms with Crippen LogP contribution in [-0.4, -0.2) is 11.9 Å². The number of urea groups is 1. The highest BCUT2D eigenvalue weighted by Crippen LogP contribution is 2.23. The summed E-state index contributed by atoms with van der Waals surface area (Å²) in [5, 5.41) is 4.95. The van der Waals surface area contributed by atoms with Gasteiger partial charge in [0.25, 0.3) is 5.91 Å². The lowest BCUT2D eigenvalue weighted by Crippen LogP contribution is -2.34. The van der Waals surface area contributed by atoms with Crippen molar-refractivity contribution in [2.75, 3.05) is 5.32 Å². The van der Waals surface area contributed by atoms with Gasteiger partial charge in [0.15, 0.2) is 0 Å². The summed E-state index contributed by atoms with van der Waals surface area (Å²) in [6, 6.07) is 15.7. The first-order valence-corrected chi connectivity index (χ1v) is 7.14. The van der Waals surface area contributed by atoms with E-state index < -0.39 is 11.9 Å². The van der Waals surface area contributed by atoms with Crippen LogP contribution in [0.3, 0.4) is 0 Å². The first-order chi connectivity index (χ1) is 10.4. The topological polar surface area (TPSA) is 58.2 Å². The zero-order valence-corrected chi connectivity index (χ0v) is 13.0. The highest BCUT2D eigenvalue weighted by Gasteiger charge is 2.14. The zero-order chi connectivity index (χ0) is 16.2. The first-order valence-electron chi connectivity index (χ1n) is 7.14. The van der Waals surface area contributed by atoms with E-state index in [4.69, 9.17) is 0 Å². The summed E-state index contributed by atoms with van der Waals surface area (Å²) >= 11 is 0. The summed E-state index contributed by atoms with van der Waals surface area (Å²) < 4.78 is 0. The zero-order valence-electron chi connectivity index (χ0n) is 13.0. The predicted molar refractivity (Wildman–Crippen MR) is 88.1 cm³/mol. The third-order valence-corrected chi connectivity index (χ3v) is 3.27. The van der Waals surface area contributed by atoms with Gasteiger partial charge >= 0.3 is 6.03 Å². The van der Waals surface area contributed by atoms with Gasteiger partial charge in [0.05, 0.1) is 0 Å². The SMILES string of the molecule is CC(C)(C)c1ccc(NC(=O)NC(=O)c2ccccc2)cc1. The van der Waals surface area contributed by atoms with Crippen LogP contribution >= 0.6 is 0 Å². The molecule has 2 rings (SSSR count). The van der Waals surface area contributed by atoms with Crippen molar-refractivity contribution in [3.63, 3.8) is 0 Å². The molecular weight excluding hydrogens is 276 g/mol. The standard InChI is InChI=1S/C18H20N2O2/c1-18(2,3)14-9-11-15(12-10-14)19-17(22)20-16(21)13-7-5-4-6-8-13/h4-12H,1-3H3,(H2,19,20,21,22). The van der Waals surface area contributed by atoms with Gasteiger partial charge in [-0.15, -0.1) is 0 Å². The van der Waals surface area contributed by atoms with E-state index in [0.717, 1.165) is 0 Å². The maximum atomic E-state index is 11.9. The maximum Gasteiger partial charge on any atom is 0.326 e. The number of hydrogen-bond donors (Lipinski definition) is 2. The van der Waals surface area contributed by atoms with Crippen molar-refractivity contribution >= 4 is 17.6 Å². The number of rotatable bonds is 2. The van der Waals surface area contributed by atoms with Gasteiger partial charge < -0.3 is 5.32 Å². The molecule has 0 saturated carbocycles. The third kappa shape index (κ3) is 4.19. The van der Waals surface area contributed by atoms with E-state index >= 15 is 0 Å². The molecule has 2 N–H and O–H groups in total. The van der Waals surface area contributed by atoms with Crippen LogP contribution < -0.4 is 10.6 Å². The number of carbonyl (C=O) groups excluding carboxylic acids is 2. The van der Waals surface area contributed by atoms with E-state index in [1.165, 1.54) is 5.56 Å². The van der Waals surface area contributed by atoms with E-state index in [1.54, 1.807) is 24.3 Å². The maximum absolute atomic E-state index is 11.9. The Morgan fingerprint density at radius 1 is 0.864 bits per heavy atom. The molecule has 2 aromatic rings. The fourth-order valence-electron chi connectivity index (χ4n) is 1.98. The second-order valence-corrected chi connectivity index (χ2v) is 6.10. The third-order valence-electron chi connectivity index (χ3n) is 3.27. The molecule has 114 valence electrons. The molecule has 4 nitrogen and oxygen atoms in total. The van der Waals surface area contributed by atoms with Crippen molar-refractivity contribution in [1.29, 1.82) is 0 Å². The van der Waals surface area contributed by atoms with Gasteiger partial charge in [0, 0.05) is 11.3 Å². The molecule has 0 spiro atoms. The van der Waals surface area contributed by atoms with Gasteiger partial charge in [0.2, 0.25) is 0 Å². The van der Waals surface area contributed by atoms with E-state index in [2.05, 4.69) is 31.4 Å². The van der Waals surface area contributed by atoms with E-state index in [9.17, 15) is 9.59 Å². The summed E-state index contributed by atoms with van der Waals surface area (Å²) in [6.07, 6.45) is 0. The van der Waals surface area contributed by atoms with Crippen LogP contribution in [0, 0.1) is 0 Å². The van der Waals surface area contributed by atoms with Crippen LogP contribution in [0.15, 0.2) is 54.6 Å². The number of nitrogens with one attached hydrogen (secondary N) is 2. The summed E-state index contributed by atoms with van der Waals surface area (Å²) in [6.45, 7) is 6.38. The monoisotopic (exact) mass is 296 g/mol. The molecular formula is C18H20N2O2. The Bertz CT molecular complexity index is 656. The number of benzene rings is 2. The molecule has 0 heterocycles. The molecule has 3 amide bonds. The Kier molecular flexibility index (Phi) is 4.61. The van der Waals surface area contributed by atoms with Crippen LogP contribution in [0.1, 0.15) is 36.7 Å². The van der Waals surface area contributed by atoms with Crippen LogP contribution in [0.4, 0.5) is 10.5 Å². The molecule has 0 unspecified atom stereocenters. The van der Waals surface area contributed by atoms with Crippen LogP contribution in [0.5, 0.6) is 0 Å². The van der Waals surface area contributed by atoms with Gasteiger partial charge in [0.1, 0.15) is 0 Å². The lowest BCUT2D eigenvalue weighted by molar-refractivity contribution is 0.0967. The van der Waals surface area contributed by atoms with Crippen LogP contribution in [-0.2, 0) is 5.41 Å². The Hall–Kier alpha value is -2.62. The van der Waals surface area contributed by atoms with E-state index in [1.807, 2.05) is 30.3 Å². The summed E-state index contributed by atoms with van der Waals surface area (Å²) in [5.74, 6) is -0.426. The summed E-state index contributed by atoms with van der Waals surface area (Å²) in [5.41, 5.74) is 2.33. The first kappa shape index (κ1) is 15.8. The van der Waals surface area contributed by atoms with E-state index in [0.29, 0.717) is 11.3 Å². The molecule has 0 aliphatic carbocycles.